The molecular weight excluding hydrogens is 234 g/mol. The fraction of sp³-hybridized carbons (Fsp3) is 0.500. The van der Waals surface area contributed by atoms with Crippen molar-refractivity contribution in [2.24, 2.45) is 0 Å². The lowest BCUT2D eigenvalue weighted by atomic mass is 10.3. The normalized spacial score (nSPS) is 12.1. The average molecular weight is 253 g/mol. The number of aromatic hydroxyl groups is 1. The highest BCUT2D eigenvalue weighted by molar-refractivity contribution is 5.81. The van der Waals surface area contributed by atoms with Crippen LogP contribution in [-0.4, -0.2) is 42.3 Å². The summed E-state index contributed by atoms with van der Waals surface area (Å²) in [4.78, 5) is 15.6. The standard InChI is InChI=1S/C12H19N3O3/c1-9(12(17)13-5-6-18-2)14-7-10-3-4-11(16)8-15-10/h3-4,8-9,14,16H,5-7H2,1-2H3,(H,13,17). The van der Waals surface area contributed by atoms with Crippen molar-refractivity contribution in [2.75, 3.05) is 20.3 Å². The smallest absolute Gasteiger partial charge is 0.236 e. The monoisotopic (exact) mass is 253 g/mol. The van der Waals surface area contributed by atoms with E-state index in [9.17, 15) is 4.79 Å². The highest BCUT2D eigenvalue weighted by atomic mass is 16.5. The molecular formula is C12H19N3O3. The molecule has 0 saturated carbocycles. The highest BCUT2D eigenvalue weighted by Crippen LogP contribution is 2.05. The number of ether oxygens (including phenoxy) is 1. The first-order chi connectivity index (χ1) is 8.63. The Labute approximate surface area is 106 Å². The Morgan fingerprint density at radius 3 is 2.94 bits per heavy atom. The van der Waals surface area contributed by atoms with Crippen molar-refractivity contribution < 1.29 is 14.6 Å². The van der Waals surface area contributed by atoms with Gasteiger partial charge >= 0.3 is 0 Å². The second-order valence-electron chi connectivity index (χ2n) is 3.89. The first-order valence-corrected chi connectivity index (χ1v) is 5.77. The van der Waals surface area contributed by atoms with Crippen molar-refractivity contribution in [3.63, 3.8) is 0 Å². The summed E-state index contributed by atoms with van der Waals surface area (Å²) in [5.74, 6) is 0.0509. The van der Waals surface area contributed by atoms with Crippen molar-refractivity contribution in [1.82, 2.24) is 15.6 Å². The quantitative estimate of drug-likeness (QED) is 0.597. The Kier molecular flexibility index (Phi) is 6.10. The number of hydrogen-bond acceptors (Lipinski definition) is 5. The fourth-order valence-electron chi connectivity index (χ4n) is 1.30. The second kappa shape index (κ2) is 7.62. The van der Waals surface area contributed by atoms with Gasteiger partial charge in [-0.2, -0.15) is 0 Å². The molecule has 0 bridgehead atoms. The van der Waals surface area contributed by atoms with E-state index < -0.39 is 0 Å². The minimum atomic E-state index is -0.308. The molecule has 1 rings (SSSR count). The van der Waals surface area contributed by atoms with Gasteiger partial charge in [-0.15, -0.1) is 0 Å². The molecule has 1 unspecified atom stereocenters. The summed E-state index contributed by atoms with van der Waals surface area (Å²) in [6, 6.07) is 2.96. The molecule has 0 aliphatic rings. The molecule has 0 aliphatic heterocycles. The van der Waals surface area contributed by atoms with Gasteiger partial charge in [0.25, 0.3) is 0 Å². The topological polar surface area (TPSA) is 83.5 Å². The van der Waals surface area contributed by atoms with Crippen LogP contribution >= 0.6 is 0 Å². The van der Waals surface area contributed by atoms with E-state index in [1.54, 1.807) is 26.2 Å². The number of carbonyl (C=O) groups is 1. The maximum atomic E-state index is 11.6. The summed E-state index contributed by atoms with van der Waals surface area (Å²) < 4.78 is 4.84. The maximum Gasteiger partial charge on any atom is 0.236 e. The van der Waals surface area contributed by atoms with Crippen LogP contribution < -0.4 is 10.6 Å². The van der Waals surface area contributed by atoms with Crippen LogP contribution in [-0.2, 0) is 16.1 Å². The van der Waals surface area contributed by atoms with Crippen molar-refractivity contribution >= 4 is 5.91 Å². The Bertz CT molecular complexity index is 367. The van der Waals surface area contributed by atoms with E-state index in [0.717, 1.165) is 5.69 Å². The zero-order valence-corrected chi connectivity index (χ0v) is 10.6. The molecule has 1 heterocycles. The van der Waals surface area contributed by atoms with Crippen LogP contribution in [0.5, 0.6) is 5.75 Å². The summed E-state index contributed by atoms with van der Waals surface area (Å²) in [6.45, 7) is 3.25. The Balaban J connectivity index is 2.29. The number of methoxy groups -OCH3 is 1. The third-order valence-corrected chi connectivity index (χ3v) is 2.40. The first kappa shape index (κ1) is 14.4. The van der Waals surface area contributed by atoms with Crippen LogP contribution in [0.3, 0.4) is 0 Å². The summed E-state index contributed by atoms with van der Waals surface area (Å²) in [5, 5.41) is 14.9. The van der Waals surface area contributed by atoms with Crippen molar-refractivity contribution in [3.05, 3.63) is 24.0 Å². The number of pyridine rings is 1. The van der Waals surface area contributed by atoms with Crippen molar-refractivity contribution in [1.29, 1.82) is 0 Å². The van der Waals surface area contributed by atoms with E-state index in [1.807, 2.05) is 0 Å². The molecule has 0 aliphatic carbocycles. The van der Waals surface area contributed by atoms with Gasteiger partial charge in [-0.25, -0.2) is 0 Å². The summed E-state index contributed by atoms with van der Waals surface area (Å²) in [6.07, 6.45) is 1.38. The lowest BCUT2D eigenvalue weighted by molar-refractivity contribution is -0.122. The third-order valence-electron chi connectivity index (χ3n) is 2.40. The number of hydrogen-bond donors (Lipinski definition) is 3. The van der Waals surface area contributed by atoms with Gasteiger partial charge in [-0.1, -0.05) is 0 Å². The molecule has 0 saturated heterocycles. The lowest BCUT2D eigenvalue weighted by Gasteiger charge is -2.13. The number of rotatable bonds is 7. The van der Waals surface area contributed by atoms with Gasteiger partial charge in [-0.3, -0.25) is 9.78 Å². The van der Waals surface area contributed by atoms with Gasteiger partial charge in [0.05, 0.1) is 24.5 Å². The van der Waals surface area contributed by atoms with Crippen molar-refractivity contribution in [3.8, 4) is 5.75 Å². The number of amides is 1. The van der Waals surface area contributed by atoms with Crippen LogP contribution in [0.4, 0.5) is 0 Å². The maximum absolute atomic E-state index is 11.6. The fourth-order valence-corrected chi connectivity index (χ4v) is 1.30. The van der Waals surface area contributed by atoms with E-state index in [4.69, 9.17) is 9.84 Å². The summed E-state index contributed by atoms with van der Waals surface area (Å²) >= 11 is 0. The largest absolute Gasteiger partial charge is 0.506 e. The number of aromatic nitrogens is 1. The minimum absolute atomic E-state index is 0.0779. The minimum Gasteiger partial charge on any atom is -0.506 e. The molecule has 1 amide bonds. The van der Waals surface area contributed by atoms with E-state index in [-0.39, 0.29) is 17.7 Å². The summed E-state index contributed by atoms with van der Waals surface area (Å²) in [7, 11) is 1.59. The molecule has 1 aromatic rings. The molecule has 3 N–H and O–H groups in total. The molecule has 100 valence electrons. The Morgan fingerprint density at radius 2 is 2.33 bits per heavy atom. The molecule has 0 fully saturated rings. The number of nitrogens with one attached hydrogen (secondary N) is 2. The first-order valence-electron chi connectivity index (χ1n) is 5.77. The van der Waals surface area contributed by atoms with Crippen LogP contribution in [0.1, 0.15) is 12.6 Å². The van der Waals surface area contributed by atoms with E-state index in [1.165, 1.54) is 6.20 Å². The predicted octanol–water partition coefficient (Wildman–Crippen LogP) is 0.0279. The molecule has 6 heteroatoms. The number of nitrogens with zero attached hydrogens (tertiary/aromatic N) is 1. The second-order valence-corrected chi connectivity index (χ2v) is 3.89. The highest BCUT2D eigenvalue weighted by Gasteiger charge is 2.11. The summed E-state index contributed by atoms with van der Waals surface area (Å²) in [5.41, 5.74) is 0.768. The van der Waals surface area contributed by atoms with Gasteiger partial charge < -0.3 is 20.5 Å². The zero-order valence-electron chi connectivity index (χ0n) is 10.6. The molecule has 0 aromatic carbocycles. The zero-order chi connectivity index (χ0) is 13.4. The number of carbonyl (C=O) groups excluding carboxylic acids is 1. The molecule has 6 nitrogen and oxygen atoms in total. The Hall–Kier alpha value is -1.66. The predicted molar refractivity (Wildman–Crippen MR) is 67.1 cm³/mol. The molecule has 1 atom stereocenters. The molecule has 18 heavy (non-hydrogen) atoms. The van der Waals surface area contributed by atoms with Crippen LogP contribution in [0.15, 0.2) is 18.3 Å². The van der Waals surface area contributed by atoms with E-state index >= 15 is 0 Å². The van der Waals surface area contributed by atoms with Gasteiger partial charge in [0.1, 0.15) is 5.75 Å². The van der Waals surface area contributed by atoms with Crippen molar-refractivity contribution in [2.45, 2.75) is 19.5 Å². The lowest BCUT2D eigenvalue weighted by Crippen LogP contribution is -2.42. The van der Waals surface area contributed by atoms with Gasteiger partial charge in [-0.05, 0) is 19.1 Å². The Morgan fingerprint density at radius 1 is 1.56 bits per heavy atom. The van der Waals surface area contributed by atoms with Crippen LogP contribution in [0.2, 0.25) is 0 Å². The molecule has 0 spiro atoms. The van der Waals surface area contributed by atoms with Gasteiger partial charge in [0.2, 0.25) is 5.91 Å². The van der Waals surface area contributed by atoms with Gasteiger partial charge in [0, 0.05) is 20.2 Å². The average Bonchev–Trinajstić information content (AvgIpc) is 2.38. The third kappa shape index (κ3) is 5.11. The molecule has 1 aromatic heterocycles. The van der Waals surface area contributed by atoms with Gasteiger partial charge in [0.15, 0.2) is 0 Å². The van der Waals surface area contributed by atoms with E-state index in [0.29, 0.717) is 19.7 Å². The molecule has 0 radical (unpaired) electrons. The SMILES string of the molecule is COCCNC(=O)C(C)NCc1ccc(O)cn1. The van der Waals surface area contributed by atoms with Crippen LogP contribution in [0, 0.1) is 0 Å². The van der Waals surface area contributed by atoms with Crippen LogP contribution in [0.25, 0.3) is 0 Å². The van der Waals surface area contributed by atoms with E-state index in [2.05, 4.69) is 15.6 Å².